The monoisotopic (exact) mass is 412 g/mol. The van der Waals surface area contributed by atoms with Crippen molar-refractivity contribution in [3.63, 3.8) is 0 Å². The molecule has 2 heterocycles. The van der Waals surface area contributed by atoms with Gasteiger partial charge in [0.2, 0.25) is 0 Å². The number of aliphatic hydroxyl groups is 1. The van der Waals surface area contributed by atoms with Crippen molar-refractivity contribution in [1.82, 2.24) is 20.4 Å². The van der Waals surface area contributed by atoms with Gasteiger partial charge < -0.3 is 15.3 Å². The van der Waals surface area contributed by atoms with E-state index in [1.807, 2.05) is 47.4 Å². The molecule has 1 atom stereocenters. The highest BCUT2D eigenvalue weighted by Crippen LogP contribution is 2.33. The van der Waals surface area contributed by atoms with Gasteiger partial charge in [0.1, 0.15) is 0 Å². The molecule has 5 rings (SSSR count). The van der Waals surface area contributed by atoms with Crippen LogP contribution in [0, 0.1) is 0 Å². The van der Waals surface area contributed by atoms with Crippen LogP contribution in [0.2, 0.25) is 0 Å². The van der Waals surface area contributed by atoms with E-state index in [0.29, 0.717) is 25.2 Å². The minimum atomic E-state index is -0.0755. The first-order valence-electron chi connectivity index (χ1n) is 10.5. The van der Waals surface area contributed by atoms with Crippen molar-refractivity contribution >= 4 is 16.7 Å². The number of amides is 1. The number of piperazine rings is 1. The number of nitrogens with zero attached hydrogens (tertiary/aromatic N) is 2. The van der Waals surface area contributed by atoms with Crippen LogP contribution < -0.4 is 5.32 Å². The van der Waals surface area contributed by atoms with Gasteiger partial charge in [-0.25, -0.2) is 0 Å². The van der Waals surface area contributed by atoms with E-state index >= 15 is 0 Å². The van der Waals surface area contributed by atoms with Crippen molar-refractivity contribution < 1.29 is 9.90 Å². The summed E-state index contributed by atoms with van der Waals surface area (Å²) in [6.07, 6.45) is 1.75. The Labute approximate surface area is 180 Å². The van der Waals surface area contributed by atoms with Crippen LogP contribution in [-0.2, 0) is 0 Å². The van der Waals surface area contributed by atoms with Crippen LogP contribution >= 0.6 is 0 Å². The zero-order valence-corrected chi connectivity index (χ0v) is 17.1. The average Bonchev–Trinajstić information content (AvgIpc) is 3.38. The van der Waals surface area contributed by atoms with Crippen molar-refractivity contribution in [3.8, 4) is 22.4 Å². The number of aliphatic hydroxyl groups excluding tert-OH is 1. The van der Waals surface area contributed by atoms with E-state index in [4.69, 9.17) is 0 Å². The third-order valence-corrected chi connectivity index (χ3v) is 5.90. The summed E-state index contributed by atoms with van der Waals surface area (Å²) in [5.41, 5.74) is 4.90. The topological polar surface area (TPSA) is 81.2 Å². The zero-order valence-electron chi connectivity index (χ0n) is 17.1. The predicted octanol–water partition coefficient (Wildman–Crippen LogP) is 3.30. The first-order valence-corrected chi connectivity index (χ1v) is 10.5. The number of nitrogens with one attached hydrogen (secondary N) is 2. The van der Waals surface area contributed by atoms with Gasteiger partial charge in [-0.2, -0.15) is 5.10 Å². The number of hydrogen-bond donors (Lipinski definition) is 3. The second kappa shape index (κ2) is 8.34. The summed E-state index contributed by atoms with van der Waals surface area (Å²) < 4.78 is 0. The molecule has 156 valence electrons. The molecule has 1 aliphatic heterocycles. The quantitative estimate of drug-likeness (QED) is 0.480. The van der Waals surface area contributed by atoms with E-state index in [-0.39, 0.29) is 18.6 Å². The van der Waals surface area contributed by atoms with E-state index in [9.17, 15) is 9.90 Å². The molecule has 0 bridgehead atoms. The second-order valence-corrected chi connectivity index (χ2v) is 7.84. The summed E-state index contributed by atoms with van der Waals surface area (Å²) in [6, 6.07) is 22.2. The summed E-state index contributed by atoms with van der Waals surface area (Å²) in [5, 5.41) is 21.8. The highest BCUT2D eigenvalue weighted by molar-refractivity contribution is 6.11. The highest BCUT2D eigenvalue weighted by atomic mass is 16.3. The van der Waals surface area contributed by atoms with E-state index in [1.54, 1.807) is 6.20 Å². The van der Waals surface area contributed by atoms with Crippen LogP contribution in [0.15, 0.2) is 72.9 Å². The number of carbonyl (C=O) groups excluding carboxylic acids is 1. The standard InChI is InChI=1S/C25H24N4O2/c30-16-19-15-29(13-12-26-19)25(31)23-9-8-20(21-6-1-2-7-22(21)23)17-4-3-5-18(14-17)24-10-11-27-28-24/h1-11,14,19,26,30H,12-13,15-16H2,(H,27,28). The molecule has 6 nitrogen and oxygen atoms in total. The summed E-state index contributed by atoms with van der Waals surface area (Å²) in [6.45, 7) is 1.86. The molecule has 1 amide bonds. The van der Waals surface area contributed by atoms with E-state index in [1.165, 1.54) is 0 Å². The fraction of sp³-hybridized carbons (Fsp3) is 0.200. The Morgan fingerprint density at radius 2 is 1.87 bits per heavy atom. The van der Waals surface area contributed by atoms with Crippen LogP contribution in [0.1, 0.15) is 10.4 Å². The lowest BCUT2D eigenvalue weighted by atomic mass is 9.93. The maximum absolute atomic E-state index is 13.3. The Morgan fingerprint density at radius 1 is 1.03 bits per heavy atom. The van der Waals surface area contributed by atoms with Crippen LogP contribution in [0.25, 0.3) is 33.2 Å². The van der Waals surface area contributed by atoms with Gasteiger partial charge in [-0.15, -0.1) is 0 Å². The molecule has 0 radical (unpaired) electrons. The van der Waals surface area contributed by atoms with Crippen LogP contribution in [-0.4, -0.2) is 58.4 Å². The van der Waals surface area contributed by atoms with Crippen molar-refractivity contribution in [2.24, 2.45) is 0 Å². The van der Waals surface area contributed by atoms with Gasteiger partial charge in [0, 0.05) is 43.0 Å². The molecule has 31 heavy (non-hydrogen) atoms. The molecule has 1 aliphatic rings. The number of aromatic nitrogens is 2. The Balaban J connectivity index is 1.56. The minimum absolute atomic E-state index is 0.00825. The number of H-pyrrole nitrogens is 1. The number of benzene rings is 3. The maximum atomic E-state index is 13.3. The van der Waals surface area contributed by atoms with Crippen LogP contribution in [0.5, 0.6) is 0 Å². The fourth-order valence-electron chi connectivity index (χ4n) is 4.31. The third-order valence-electron chi connectivity index (χ3n) is 5.90. The average molecular weight is 412 g/mol. The third kappa shape index (κ3) is 3.71. The molecule has 6 heteroatoms. The lowest BCUT2D eigenvalue weighted by Gasteiger charge is -2.33. The molecule has 1 saturated heterocycles. The molecule has 0 spiro atoms. The first kappa shape index (κ1) is 19.5. The molecule has 3 aromatic carbocycles. The summed E-state index contributed by atoms with van der Waals surface area (Å²) in [7, 11) is 0. The molecule has 4 aromatic rings. The van der Waals surface area contributed by atoms with Gasteiger partial charge in [0.05, 0.1) is 12.3 Å². The fourth-order valence-corrected chi connectivity index (χ4v) is 4.31. The molecule has 1 aromatic heterocycles. The minimum Gasteiger partial charge on any atom is -0.395 e. The SMILES string of the molecule is O=C(c1ccc(-c2cccc(-c3ccn[nH]3)c2)c2ccccc12)N1CCNC(CO)C1. The van der Waals surface area contributed by atoms with Gasteiger partial charge in [-0.05, 0) is 40.1 Å². The molecule has 0 aliphatic carbocycles. The predicted molar refractivity (Wildman–Crippen MR) is 122 cm³/mol. The Hall–Kier alpha value is -3.48. The highest BCUT2D eigenvalue weighted by Gasteiger charge is 2.25. The molecule has 1 fully saturated rings. The molecular weight excluding hydrogens is 388 g/mol. The smallest absolute Gasteiger partial charge is 0.254 e. The molecule has 3 N–H and O–H groups in total. The van der Waals surface area contributed by atoms with E-state index in [2.05, 4.69) is 39.8 Å². The Kier molecular flexibility index (Phi) is 5.24. The van der Waals surface area contributed by atoms with Gasteiger partial charge in [-0.3, -0.25) is 9.89 Å². The van der Waals surface area contributed by atoms with Gasteiger partial charge in [-0.1, -0.05) is 48.5 Å². The van der Waals surface area contributed by atoms with Crippen molar-refractivity contribution in [3.05, 3.63) is 78.5 Å². The number of rotatable bonds is 4. The van der Waals surface area contributed by atoms with Crippen LogP contribution in [0.4, 0.5) is 0 Å². The lowest BCUT2D eigenvalue weighted by molar-refractivity contribution is 0.0673. The number of fused-ring (bicyclic) bond motifs is 1. The molecule has 1 unspecified atom stereocenters. The van der Waals surface area contributed by atoms with Crippen molar-refractivity contribution in [1.29, 1.82) is 0 Å². The Morgan fingerprint density at radius 3 is 2.68 bits per heavy atom. The summed E-state index contributed by atoms with van der Waals surface area (Å²) >= 11 is 0. The summed E-state index contributed by atoms with van der Waals surface area (Å²) in [4.78, 5) is 15.2. The van der Waals surface area contributed by atoms with Gasteiger partial charge in [0.25, 0.3) is 5.91 Å². The van der Waals surface area contributed by atoms with Crippen molar-refractivity contribution in [2.75, 3.05) is 26.2 Å². The number of aromatic amines is 1. The largest absolute Gasteiger partial charge is 0.395 e. The van der Waals surface area contributed by atoms with E-state index in [0.717, 1.165) is 33.2 Å². The second-order valence-electron chi connectivity index (χ2n) is 7.84. The van der Waals surface area contributed by atoms with Crippen LogP contribution in [0.3, 0.4) is 0 Å². The van der Waals surface area contributed by atoms with E-state index < -0.39 is 0 Å². The van der Waals surface area contributed by atoms with Gasteiger partial charge in [0.15, 0.2) is 0 Å². The number of carbonyl (C=O) groups is 1. The Bertz CT molecular complexity index is 1220. The summed E-state index contributed by atoms with van der Waals surface area (Å²) in [5.74, 6) is 0.00825. The van der Waals surface area contributed by atoms with Crippen molar-refractivity contribution in [2.45, 2.75) is 6.04 Å². The number of hydrogen-bond acceptors (Lipinski definition) is 4. The maximum Gasteiger partial charge on any atom is 0.254 e. The normalized spacial score (nSPS) is 16.5. The lowest BCUT2D eigenvalue weighted by Crippen LogP contribution is -2.54. The zero-order chi connectivity index (χ0) is 21.2. The first-order chi connectivity index (χ1) is 15.2. The van der Waals surface area contributed by atoms with Gasteiger partial charge >= 0.3 is 0 Å². The molecule has 0 saturated carbocycles. The molecular formula is C25H24N4O2.